The van der Waals surface area contributed by atoms with Crippen molar-refractivity contribution in [3.63, 3.8) is 0 Å². The highest BCUT2D eigenvalue weighted by Gasteiger charge is 2.42. The van der Waals surface area contributed by atoms with Gasteiger partial charge in [-0.15, -0.1) is 0 Å². The number of carboxylic acids is 1. The minimum absolute atomic E-state index is 0.0476. The van der Waals surface area contributed by atoms with Crippen LogP contribution in [0.25, 0.3) is 0 Å². The number of halogens is 3. The van der Waals surface area contributed by atoms with E-state index in [4.69, 9.17) is 23.6 Å². The molecule has 0 radical (unpaired) electrons. The Balaban J connectivity index is 0.000000406. The fourth-order valence-corrected chi connectivity index (χ4v) is 4.25. The molecule has 34 heavy (non-hydrogen) atoms. The third-order valence-electron chi connectivity index (χ3n) is 5.91. The molecule has 9 nitrogen and oxygen atoms in total. The van der Waals surface area contributed by atoms with Crippen LogP contribution in [0, 0.1) is 20.8 Å². The number of amides is 1. The van der Waals surface area contributed by atoms with Crippen molar-refractivity contribution in [3.05, 3.63) is 40.7 Å². The summed E-state index contributed by atoms with van der Waals surface area (Å²) in [6, 6.07) is 3.58. The second-order valence-corrected chi connectivity index (χ2v) is 8.59. The maximum Gasteiger partial charge on any atom is 0.490 e. The summed E-state index contributed by atoms with van der Waals surface area (Å²) < 4.78 is 48.8. The molecular weight excluding hydrogens is 459 g/mol. The van der Waals surface area contributed by atoms with Crippen LogP contribution in [-0.2, 0) is 16.1 Å². The second kappa shape index (κ2) is 10.2. The summed E-state index contributed by atoms with van der Waals surface area (Å²) in [6.45, 7) is 10.2. The van der Waals surface area contributed by atoms with Gasteiger partial charge in [-0.1, -0.05) is 5.16 Å². The SMILES string of the molecule is Cc1ccc(C(=O)N2CCOC3(CCCN(Cc4c(C)noc4C)C3)C2)o1.O=C(O)C(F)(F)F. The predicted molar refractivity (Wildman–Crippen MR) is 112 cm³/mol. The number of carbonyl (C=O) groups excluding carboxylic acids is 1. The molecule has 0 bridgehead atoms. The number of aliphatic carboxylic acids is 1. The zero-order chi connectivity index (χ0) is 25.1. The Bertz CT molecular complexity index is 994. The van der Waals surface area contributed by atoms with Gasteiger partial charge in [0.2, 0.25) is 0 Å². The third-order valence-corrected chi connectivity index (χ3v) is 5.91. The summed E-state index contributed by atoms with van der Waals surface area (Å²) in [5, 5.41) is 11.2. The van der Waals surface area contributed by atoms with Crippen LogP contribution in [0.15, 0.2) is 21.1 Å². The van der Waals surface area contributed by atoms with E-state index in [0.717, 1.165) is 55.3 Å². The van der Waals surface area contributed by atoms with Crippen molar-refractivity contribution in [2.24, 2.45) is 0 Å². The first kappa shape index (κ1) is 25.8. The highest BCUT2D eigenvalue weighted by atomic mass is 19.4. The van der Waals surface area contributed by atoms with Gasteiger partial charge in [-0.2, -0.15) is 13.2 Å². The quantitative estimate of drug-likeness (QED) is 0.702. The molecule has 2 aromatic heterocycles. The molecular formula is C22H28F3N3O6. The topological polar surface area (TPSA) is 109 Å². The zero-order valence-corrected chi connectivity index (χ0v) is 19.3. The largest absolute Gasteiger partial charge is 0.490 e. The minimum Gasteiger partial charge on any atom is -0.475 e. The summed E-state index contributed by atoms with van der Waals surface area (Å²) >= 11 is 0. The van der Waals surface area contributed by atoms with E-state index in [-0.39, 0.29) is 11.5 Å². The number of hydrogen-bond donors (Lipinski definition) is 1. The third kappa shape index (κ3) is 6.17. The number of aromatic nitrogens is 1. The molecule has 2 aliphatic heterocycles. The first-order valence-corrected chi connectivity index (χ1v) is 10.8. The van der Waals surface area contributed by atoms with E-state index < -0.39 is 12.1 Å². The molecule has 1 spiro atoms. The van der Waals surface area contributed by atoms with E-state index in [2.05, 4.69) is 10.1 Å². The lowest BCUT2D eigenvalue weighted by Gasteiger charge is -2.48. The number of rotatable bonds is 3. The monoisotopic (exact) mass is 487 g/mol. The molecule has 2 fully saturated rings. The normalized spacial score (nSPS) is 21.3. The number of nitrogens with zero attached hydrogens (tertiary/aromatic N) is 3. The van der Waals surface area contributed by atoms with Crippen molar-refractivity contribution in [3.8, 4) is 0 Å². The van der Waals surface area contributed by atoms with E-state index in [9.17, 15) is 18.0 Å². The number of piperidine rings is 1. The molecule has 0 saturated carbocycles. The van der Waals surface area contributed by atoms with Gasteiger partial charge in [-0.25, -0.2) is 4.79 Å². The Morgan fingerprint density at radius 2 is 1.88 bits per heavy atom. The first-order valence-electron chi connectivity index (χ1n) is 10.8. The lowest BCUT2D eigenvalue weighted by atomic mass is 9.90. The van der Waals surface area contributed by atoms with E-state index >= 15 is 0 Å². The number of furan rings is 1. The van der Waals surface area contributed by atoms with Gasteiger partial charge in [0.05, 0.1) is 24.4 Å². The number of morpholine rings is 1. The number of likely N-dealkylation sites (tertiary alicyclic amines) is 1. The summed E-state index contributed by atoms with van der Waals surface area (Å²) in [5.74, 6) is -0.764. The van der Waals surface area contributed by atoms with Crippen LogP contribution in [0.3, 0.4) is 0 Å². The number of aryl methyl sites for hydroxylation is 3. The van der Waals surface area contributed by atoms with Gasteiger partial charge in [0, 0.05) is 25.2 Å². The highest BCUT2D eigenvalue weighted by Crippen LogP contribution is 2.31. The van der Waals surface area contributed by atoms with Crippen LogP contribution in [0.5, 0.6) is 0 Å². The molecule has 4 heterocycles. The highest BCUT2D eigenvalue weighted by molar-refractivity contribution is 5.91. The molecule has 2 saturated heterocycles. The average molecular weight is 487 g/mol. The molecule has 1 amide bonds. The Hall–Kier alpha value is -2.86. The number of carboxylic acid groups (broad SMARTS) is 1. The van der Waals surface area contributed by atoms with Gasteiger partial charge < -0.3 is 23.7 Å². The van der Waals surface area contributed by atoms with E-state index in [1.807, 2.05) is 31.7 Å². The van der Waals surface area contributed by atoms with Crippen LogP contribution < -0.4 is 0 Å². The van der Waals surface area contributed by atoms with E-state index in [0.29, 0.717) is 25.5 Å². The number of carbonyl (C=O) groups is 2. The minimum atomic E-state index is -5.08. The fourth-order valence-electron chi connectivity index (χ4n) is 4.25. The molecule has 2 aliphatic rings. The standard InChI is InChI=1S/C20H27N3O4.C2HF3O2/c1-14-5-6-18(26-14)19(24)23-9-10-25-20(13-23)7-4-8-22(12-20)11-17-15(2)21-27-16(17)3;3-2(4,5)1(6)7/h5-6H,4,7-13H2,1-3H3;(H,6,7). The molecule has 1 atom stereocenters. The van der Waals surface area contributed by atoms with Crippen LogP contribution in [-0.4, -0.2) is 76.5 Å². The van der Waals surface area contributed by atoms with Gasteiger partial charge >= 0.3 is 12.1 Å². The Morgan fingerprint density at radius 3 is 2.44 bits per heavy atom. The maximum absolute atomic E-state index is 12.8. The van der Waals surface area contributed by atoms with Gasteiger partial charge in [-0.3, -0.25) is 9.69 Å². The van der Waals surface area contributed by atoms with Gasteiger partial charge in [-0.05, 0) is 52.3 Å². The number of hydrogen-bond acceptors (Lipinski definition) is 7. The van der Waals surface area contributed by atoms with Gasteiger partial charge in [0.25, 0.3) is 5.91 Å². The van der Waals surface area contributed by atoms with Crippen molar-refractivity contribution in [1.29, 1.82) is 0 Å². The maximum atomic E-state index is 12.8. The lowest BCUT2D eigenvalue weighted by Crippen LogP contribution is -2.60. The van der Waals surface area contributed by atoms with Gasteiger partial charge in [0.1, 0.15) is 11.5 Å². The fraction of sp³-hybridized carbons (Fsp3) is 0.591. The molecule has 188 valence electrons. The average Bonchev–Trinajstić information content (AvgIpc) is 3.33. The van der Waals surface area contributed by atoms with Gasteiger partial charge in [0.15, 0.2) is 5.76 Å². The van der Waals surface area contributed by atoms with Crippen molar-refractivity contribution in [2.45, 2.75) is 51.9 Å². The molecule has 4 rings (SSSR count). The van der Waals surface area contributed by atoms with Crippen molar-refractivity contribution in [2.75, 3.05) is 32.8 Å². The van der Waals surface area contributed by atoms with Crippen LogP contribution >= 0.6 is 0 Å². The summed E-state index contributed by atoms with van der Waals surface area (Å²) in [5.41, 5.74) is 1.79. The Morgan fingerprint density at radius 1 is 1.18 bits per heavy atom. The lowest BCUT2D eigenvalue weighted by molar-refractivity contribution is -0.192. The number of ether oxygens (including phenoxy) is 1. The first-order chi connectivity index (χ1) is 15.9. The van der Waals surface area contributed by atoms with Crippen LogP contribution in [0.4, 0.5) is 13.2 Å². The molecule has 0 aromatic carbocycles. The summed E-state index contributed by atoms with van der Waals surface area (Å²) in [4.78, 5) is 26.0. The Kier molecular flexibility index (Phi) is 7.71. The summed E-state index contributed by atoms with van der Waals surface area (Å²) in [6.07, 6.45) is -3.07. The van der Waals surface area contributed by atoms with Crippen molar-refractivity contribution in [1.82, 2.24) is 15.0 Å². The molecule has 2 aromatic rings. The predicted octanol–water partition coefficient (Wildman–Crippen LogP) is 3.33. The van der Waals surface area contributed by atoms with E-state index in [1.165, 1.54) is 0 Å². The smallest absolute Gasteiger partial charge is 0.475 e. The second-order valence-electron chi connectivity index (χ2n) is 8.59. The molecule has 1 N–H and O–H groups in total. The van der Waals surface area contributed by atoms with Crippen molar-refractivity contribution >= 4 is 11.9 Å². The Labute approximate surface area is 194 Å². The zero-order valence-electron chi connectivity index (χ0n) is 19.3. The van der Waals surface area contributed by atoms with Crippen LogP contribution in [0.1, 0.15) is 46.2 Å². The van der Waals surface area contributed by atoms with E-state index in [1.54, 1.807) is 6.07 Å². The van der Waals surface area contributed by atoms with Crippen LogP contribution in [0.2, 0.25) is 0 Å². The molecule has 0 aliphatic carbocycles. The molecule has 1 unspecified atom stereocenters. The summed E-state index contributed by atoms with van der Waals surface area (Å²) in [7, 11) is 0. The van der Waals surface area contributed by atoms with Crippen molar-refractivity contribution < 1.29 is 41.5 Å². The molecule has 12 heteroatoms. The number of alkyl halides is 3.